The van der Waals surface area contributed by atoms with Crippen LogP contribution in [0.5, 0.6) is 0 Å². The standard InChI is InChI=1S/C19H17F3N8O2/c1-10-26-16-13(29(10)9-14-27-18(28-32-14)19(20,21)22)7-11(8-25-16)12-5-6-30(24-3)15(12)17(23-2)31-4/h5-8H,3,9H2,1-2,4H3/b23-17+. The second-order valence-corrected chi connectivity index (χ2v) is 6.62. The van der Waals surface area contributed by atoms with Gasteiger partial charge in [-0.2, -0.15) is 23.3 Å². The molecule has 0 unspecified atom stereocenters. The Hall–Kier alpha value is -4.03. The lowest BCUT2D eigenvalue weighted by Crippen LogP contribution is -2.10. The number of rotatable bonds is 5. The molecule has 4 aromatic heterocycles. The van der Waals surface area contributed by atoms with Crippen molar-refractivity contribution in [1.82, 2.24) is 29.4 Å². The lowest BCUT2D eigenvalue weighted by atomic mass is 10.1. The van der Waals surface area contributed by atoms with Crippen LogP contribution in [-0.4, -0.2) is 56.1 Å². The van der Waals surface area contributed by atoms with Crippen LogP contribution in [0.15, 0.2) is 39.1 Å². The Labute approximate surface area is 179 Å². The van der Waals surface area contributed by atoms with Crippen LogP contribution in [0.1, 0.15) is 23.2 Å². The van der Waals surface area contributed by atoms with E-state index in [4.69, 9.17) is 9.26 Å². The average Bonchev–Trinajstić information content (AvgIpc) is 3.47. The average molecular weight is 446 g/mol. The van der Waals surface area contributed by atoms with Crippen molar-refractivity contribution in [2.75, 3.05) is 14.2 Å². The molecule has 0 saturated carbocycles. The minimum atomic E-state index is -4.69. The van der Waals surface area contributed by atoms with Crippen molar-refractivity contribution in [3.05, 3.63) is 47.8 Å². The number of aromatic nitrogens is 6. The third-order valence-corrected chi connectivity index (χ3v) is 4.74. The molecule has 4 aromatic rings. The summed E-state index contributed by atoms with van der Waals surface area (Å²) < 4.78 is 51.7. The van der Waals surface area contributed by atoms with Crippen LogP contribution in [0.4, 0.5) is 13.2 Å². The molecule has 0 aliphatic heterocycles. The number of halogens is 3. The Bertz CT molecular complexity index is 1330. The molecule has 0 aromatic carbocycles. The number of nitrogens with zero attached hydrogens (tertiary/aromatic N) is 8. The van der Waals surface area contributed by atoms with Gasteiger partial charge in [-0.25, -0.2) is 14.6 Å². The first-order valence-corrected chi connectivity index (χ1v) is 9.19. The highest BCUT2D eigenvalue weighted by Gasteiger charge is 2.37. The number of methoxy groups -OCH3 is 1. The van der Waals surface area contributed by atoms with Crippen molar-refractivity contribution in [3.8, 4) is 11.1 Å². The summed E-state index contributed by atoms with van der Waals surface area (Å²) in [6.45, 7) is 5.16. The molecule has 0 radical (unpaired) electrons. The number of aryl methyl sites for hydroxylation is 1. The molecule has 0 fully saturated rings. The first kappa shape index (κ1) is 21.2. The van der Waals surface area contributed by atoms with Crippen LogP contribution in [0, 0.1) is 6.92 Å². The highest BCUT2D eigenvalue weighted by Crippen LogP contribution is 2.29. The number of aliphatic imine (C=N–C) groups is 1. The van der Waals surface area contributed by atoms with Crippen LogP contribution in [-0.2, 0) is 17.5 Å². The van der Waals surface area contributed by atoms with Gasteiger partial charge in [0.2, 0.25) is 11.8 Å². The van der Waals surface area contributed by atoms with Gasteiger partial charge in [0.15, 0.2) is 5.65 Å². The number of hydrogen-bond donors (Lipinski definition) is 0. The molecule has 0 bridgehead atoms. The maximum atomic E-state index is 12.8. The van der Waals surface area contributed by atoms with Crippen molar-refractivity contribution in [2.24, 2.45) is 10.1 Å². The number of hydrogen-bond acceptors (Lipinski definition) is 8. The van der Waals surface area contributed by atoms with Gasteiger partial charge in [-0.15, -0.1) is 0 Å². The van der Waals surface area contributed by atoms with Crippen molar-refractivity contribution >= 4 is 23.8 Å². The van der Waals surface area contributed by atoms with E-state index >= 15 is 0 Å². The number of alkyl halides is 3. The van der Waals surface area contributed by atoms with E-state index in [9.17, 15) is 13.2 Å². The summed E-state index contributed by atoms with van der Waals surface area (Å²) >= 11 is 0. The smallest absolute Gasteiger partial charge is 0.455 e. The Balaban J connectivity index is 1.80. The molecule has 166 valence electrons. The van der Waals surface area contributed by atoms with Crippen LogP contribution in [0.3, 0.4) is 0 Å². The lowest BCUT2D eigenvalue weighted by molar-refractivity contribution is -0.146. The summed E-state index contributed by atoms with van der Waals surface area (Å²) in [7, 11) is 3.08. The van der Waals surface area contributed by atoms with Crippen LogP contribution in [0.25, 0.3) is 22.3 Å². The van der Waals surface area contributed by atoms with E-state index in [1.165, 1.54) is 11.8 Å². The number of imidazole rings is 1. The molecule has 32 heavy (non-hydrogen) atoms. The quantitative estimate of drug-likeness (QED) is 0.344. The number of pyridine rings is 1. The van der Waals surface area contributed by atoms with Crippen LogP contribution in [0.2, 0.25) is 0 Å². The summed E-state index contributed by atoms with van der Waals surface area (Å²) in [6, 6.07) is 3.61. The minimum Gasteiger partial charge on any atom is -0.480 e. The zero-order valence-corrected chi connectivity index (χ0v) is 17.3. The highest BCUT2D eigenvalue weighted by atomic mass is 19.4. The minimum absolute atomic E-state index is 0.0988. The predicted octanol–water partition coefficient (Wildman–Crippen LogP) is 3.14. The summed E-state index contributed by atoms with van der Waals surface area (Å²) in [5.41, 5.74) is 2.97. The van der Waals surface area contributed by atoms with Crippen LogP contribution >= 0.6 is 0 Å². The molecule has 0 saturated heterocycles. The predicted molar refractivity (Wildman–Crippen MR) is 109 cm³/mol. The Morgan fingerprint density at radius 1 is 1.31 bits per heavy atom. The maximum Gasteiger partial charge on any atom is 0.455 e. The molecule has 0 atom stereocenters. The van der Waals surface area contributed by atoms with Gasteiger partial charge in [-0.3, -0.25) is 4.99 Å². The normalized spacial score (nSPS) is 12.5. The maximum absolute atomic E-state index is 12.8. The third kappa shape index (κ3) is 3.61. The summed E-state index contributed by atoms with van der Waals surface area (Å²) in [6.07, 6.45) is -1.36. The fraction of sp³-hybridized carbons (Fsp3) is 0.263. The monoisotopic (exact) mass is 446 g/mol. The highest BCUT2D eigenvalue weighted by molar-refractivity contribution is 6.00. The first-order valence-electron chi connectivity index (χ1n) is 9.19. The van der Waals surface area contributed by atoms with E-state index in [2.05, 4.69) is 36.9 Å². The Morgan fingerprint density at radius 2 is 2.09 bits per heavy atom. The molecular formula is C19H17F3N8O2. The SMILES string of the molecule is C=Nn1ccc(-c2cnc3nc(C)n(Cc4nc(C(F)(F)F)no4)c3c2)c1/C(=N\C)OC. The zero-order valence-electron chi connectivity index (χ0n) is 17.3. The van der Waals surface area contributed by atoms with Crippen molar-refractivity contribution in [2.45, 2.75) is 19.6 Å². The van der Waals surface area contributed by atoms with Gasteiger partial charge in [0.25, 0.3) is 5.82 Å². The van der Waals surface area contributed by atoms with Crippen molar-refractivity contribution < 1.29 is 22.4 Å². The van der Waals surface area contributed by atoms with E-state index < -0.39 is 12.0 Å². The Kier molecular flexibility index (Phi) is 5.24. The van der Waals surface area contributed by atoms with E-state index in [1.807, 2.05) is 0 Å². The molecular weight excluding hydrogens is 429 g/mol. The van der Waals surface area contributed by atoms with Gasteiger partial charge in [-0.05, 0) is 19.1 Å². The molecule has 10 nitrogen and oxygen atoms in total. The molecule has 0 aliphatic carbocycles. The molecule has 0 amide bonds. The second-order valence-electron chi connectivity index (χ2n) is 6.62. The number of ether oxygens (including phenoxy) is 1. The van der Waals surface area contributed by atoms with E-state index in [0.29, 0.717) is 34.1 Å². The van der Waals surface area contributed by atoms with Crippen molar-refractivity contribution in [3.63, 3.8) is 0 Å². The van der Waals surface area contributed by atoms with E-state index in [-0.39, 0.29) is 12.4 Å². The molecule has 0 spiro atoms. The van der Waals surface area contributed by atoms with E-state index in [0.717, 1.165) is 5.56 Å². The topological polar surface area (TPSA) is 109 Å². The third-order valence-electron chi connectivity index (χ3n) is 4.74. The lowest BCUT2D eigenvalue weighted by Gasteiger charge is -2.09. The van der Waals surface area contributed by atoms with Gasteiger partial charge >= 0.3 is 6.18 Å². The molecule has 4 rings (SSSR count). The molecule has 0 N–H and O–H groups in total. The number of fused-ring (bicyclic) bond motifs is 1. The Morgan fingerprint density at radius 3 is 2.72 bits per heavy atom. The fourth-order valence-corrected chi connectivity index (χ4v) is 3.31. The van der Waals surface area contributed by atoms with Gasteiger partial charge in [0.1, 0.15) is 18.1 Å². The molecule has 4 heterocycles. The second kappa shape index (κ2) is 7.90. The van der Waals surface area contributed by atoms with Gasteiger partial charge in [0, 0.05) is 37.3 Å². The van der Waals surface area contributed by atoms with E-state index in [1.54, 1.807) is 43.1 Å². The van der Waals surface area contributed by atoms with Crippen LogP contribution < -0.4 is 0 Å². The molecule has 0 aliphatic rings. The van der Waals surface area contributed by atoms with Gasteiger partial charge < -0.3 is 13.8 Å². The summed E-state index contributed by atoms with van der Waals surface area (Å²) in [5, 5.41) is 6.94. The summed E-state index contributed by atoms with van der Waals surface area (Å²) in [5.74, 6) is -0.669. The fourth-order valence-electron chi connectivity index (χ4n) is 3.31. The van der Waals surface area contributed by atoms with Gasteiger partial charge in [0.05, 0.1) is 12.6 Å². The van der Waals surface area contributed by atoms with Crippen molar-refractivity contribution in [1.29, 1.82) is 0 Å². The van der Waals surface area contributed by atoms with Gasteiger partial charge in [-0.1, -0.05) is 5.16 Å². The largest absolute Gasteiger partial charge is 0.480 e. The summed E-state index contributed by atoms with van der Waals surface area (Å²) in [4.78, 5) is 16.3. The first-order chi connectivity index (χ1) is 15.3. The zero-order chi connectivity index (χ0) is 23.0. The molecule has 13 heteroatoms.